The van der Waals surface area contributed by atoms with Crippen molar-refractivity contribution in [2.75, 3.05) is 12.4 Å². The van der Waals surface area contributed by atoms with Crippen molar-refractivity contribution in [3.8, 4) is 0 Å². The molecule has 21 heavy (non-hydrogen) atoms. The van der Waals surface area contributed by atoms with E-state index in [9.17, 15) is 9.59 Å². The molecule has 0 aliphatic carbocycles. The van der Waals surface area contributed by atoms with Gasteiger partial charge in [0, 0.05) is 16.9 Å². The Morgan fingerprint density at radius 3 is 2.38 bits per heavy atom. The third-order valence-corrected chi connectivity index (χ3v) is 2.80. The Bertz CT molecular complexity index is 681. The lowest BCUT2D eigenvalue weighted by atomic mass is 10.1. The first-order valence-corrected chi connectivity index (χ1v) is 6.31. The van der Waals surface area contributed by atoms with Crippen LogP contribution in [0.4, 0.5) is 11.6 Å². The normalized spacial score (nSPS) is 10.0. The number of hydrogen-bond donors (Lipinski definition) is 1. The fourth-order valence-corrected chi connectivity index (χ4v) is 1.75. The Morgan fingerprint density at radius 2 is 1.81 bits per heavy atom. The molecule has 0 bridgehead atoms. The summed E-state index contributed by atoms with van der Waals surface area (Å²) in [7, 11) is 1.30. The molecule has 108 valence electrons. The van der Waals surface area contributed by atoms with Crippen LogP contribution in [0.5, 0.6) is 0 Å². The summed E-state index contributed by atoms with van der Waals surface area (Å²) in [5.41, 5.74) is 2.18. The van der Waals surface area contributed by atoms with Crippen LogP contribution in [0.1, 0.15) is 33.5 Å². The van der Waals surface area contributed by atoms with E-state index in [1.54, 1.807) is 37.3 Å². The summed E-state index contributed by atoms with van der Waals surface area (Å²) < 4.78 is 4.64. The smallest absolute Gasteiger partial charge is 0.356 e. The first-order chi connectivity index (χ1) is 9.99. The topological polar surface area (TPSA) is 81.2 Å². The number of anilines is 2. The molecule has 0 aliphatic heterocycles. The molecule has 6 nitrogen and oxygen atoms in total. The predicted molar refractivity (Wildman–Crippen MR) is 77.8 cm³/mol. The first-order valence-electron chi connectivity index (χ1n) is 6.31. The minimum Gasteiger partial charge on any atom is -0.464 e. The number of carbonyl (C=O) groups is 2. The highest BCUT2D eigenvalue weighted by atomic mass is 16.5. The Kier molecular flexibility index (Phi) is 4.27. The summed E-state index contributed by atoms with van der Waals surface area (Å²) in [6.45, 7) is 3.27. The van der Waals surface area contributed by atoms with Gasteiger partial charge in [-0.15, -0.1) is 0 Å². The number of esters is 1. The quantitative estimate of drug-likeness (QED) is 0.686. The minimum atomic E-state index is -0.518. The summed E-state index contributed by atoms with van der Waals surface area (Å²) in [5, 5.41) is 2.99. The Labute approximate surface area is 122 Å². The molecule has 1 N–H and O–H groups in total. The van der Waals surface area contributed by atoms with E-state index in [0.717, 1.165) is 5.69 Å². The second-order valence-electron chi connectivity index (χ2n) is 4.47. The highest BCUT2D eigenvalue weighted by molar-refractivity contribution is 5.94. The molecule has 0 unspecified atom stereocenters. The number of carbonyl (C=O) groups excluding carboxylic acids is 2. The van der Waals surface area contributed by atoms with Gasteiger partial charge in [0.1, 0.15) is 0 Å². The van der Waals surface area contributed by atoms with Crippen molar-refractivity contribution in [2.24, 2.45) is 0 Å². The molecule has 2 aromatic rings. The van der Waals surface area contributed by atoms with Gasteiger partial charge in [-0.05, 0) is 44.2 Å². The van der Waals surface area contributed by atoms with Crippen LogP contribution in [0.3, 0.4) is 0 Å². The molecule has 0 saturated heterocycles. The SMILES string of the molecule is COC(=O)c1cc(C)nc(Nc2ccc(C(C)=O)cc2)n1. The van der Waals surface area contributed by atoms with E-state index < -0.39 is 5.97 Å². The number of aromatic nitrogens is 2. The van der Waals surface area contributed by atoms with Gasteiger partial charge in [0.15, 0.2) is 11.5 Å². The van der Waals surface area contributed by atoms with Crippen LogP contribution in [-0.2, 0) is 4.74 Å². The molecule has 1 aromatic carbocycles. The zero-order valence-corrected chi connectivity index (χ0v) is 12.0. The van der Waals surface area contributed by atoms with Crippen LogP contribution in [0.25, 0.3) is 0 Å². The number of nitrogens with zero attached hydrogens (tertiary/aromatic N) is 2. The minimum absolute atomic E-state index is 0.00123. The summed E-state index contributed by atoms with van der Waals surface area (Å²) in [5.74, 6) is -0.220. The molecule has 2 rings (SSSR count). The van der Waals surface area contributed by atoms with E-state index in [1.807, 2.05) is 0 Å². The van der Waals surface area contributed by atoms with Gasteiger partial charge < -0.3 is 10.1 Å². The third-order valence-electron chi connectivity index (χ3n) is 2.80. The number of ether oxygens (including phenoxy) is 1. The molecule has 1 aromatic heterocycles. The van der Waals surface area contributed by atoms with E-state index in [2.05, 4.69) is 20.0 Å². The maximum atomic E-state index is 11.5. The van der Waals surface area contributed by atoms with Gasteiger partial charge in [0.05, 0.1) is 7.11 Å². The fourth-order valence-electron chi connectivity index (χ4n) is 1.75. The Hall–Kier alpha value is -2.76. The van der Waals surface area contributed by atoms with Gasteiger partial charge in [0.25, 0.3) is 0 Å². The number of methoxy groups -OCH3 is 1. The van der Waals surface area contributed by atoms with Gasteiger partial charge in [-0.3, -0.25) is 4.79 Å². The van der Waals surface area contributed by atoms with Crippen molar-refractivity contribution in [3.63, 3.8) is 0 Å². The summed E-state index contributed by atoms with van der Waals surface area (Å²) >= 11 is 0. The molecule has 0 amide bonds. The van der Waals surface area contributed by atoms with Gasteiger partial charge in [-0.1, -0.05) is 0 Å². The highest BCUT2D eigenvalue weighted by Gasteiger charge is 2.10. The standard InChI is InChI=1S/C15H15N3O3/c1-9-8-13(14(20)21-3)18-15(16-9)17-12-6-4-11(5-7-12)10(2)19/h4-8H,1-3H3,(H,16,17,18). The number of Topliss-reactive ketones (excluding diaryl/α,β-unsaturated/α-hetero) is 1. The van der Waals surface area contributed by atoms with Crippen molar-refractivity contribution in [2.45, 2.75) is 13.8 Å². The van der Waals surface area contributed by atoms with E-state index >= 15 is 0 Å². The van der Waals surface area contributed by atoms with Crippen LogP contribution in [0.2, 0.25) is 0 Å². The van der Waals surface area contributed by atoms with Gasteiger partial charge in [0.2, 0.25) is 5.95 Å². The van der Waals surface area contributed by atoms with Crippen LogP contribution in [-0.4, -0.2) is 28.8 Å². The molecule has 1 heterocycles. The van der Waals surface area contributed by atoms with Crippen molar-refractivity contribution >= 4 is 23.4 Å². The van der Waals surface area contributed by atoms with Crippen LogP contribution < -0.4 is 5.32 Å². The molecule has 6 heteroatoms. The summed E-state index contributed by atoms with van der Waals surface area (Å²) in [4.78, 5) is 31.0. The number of aryl methyl sites for hydroxylation is 1. The largest absolute Gasteiger partial charge is 0.464 e. The number of nitrogens with one attached hydrogen (secondary N) is 1. The zero-order valence-electron chi connectivity index (χ0n) is 12.0. The summed E-state index contributed by atoms with van der Waals surface area (Å²) in [6.07, 6.45) is 0. The van der Waals surface area contributed by atoms with Crippen molar-refractivity contribution < 1.29 is 14.3 Å². The zero-order chi connectivity index (χ0) is 15.4. The molecule has 0 fully saturated rings. The average Bonchev–Trinajstić information content (AvgIpc) is 2.46. The lowest BCUT2D eigenvalue weighted by Crippen LogP contribution is -2.08. The highest BCUT2D eigenvalue weighted by Crippen LogP contribution is 2.15. The number of benzene rings is 1. The Morgan fingerprint density at radius 1 is 1.14 bits per heavy atom. The second kappa shape index (κ2) is 6.13. The molecule has 0 radical (unpaired) electrons. The average molecular weight is 285 g/mol. The predicted octanol–water partition coefficient (Wildman–Crippen LogP) is 2.52. The van der Waals surface area contributed by atoms with Crippen LogP contribution in [0, 0.1) is 6.92 Å². The molecule has 0 aliphatic rings. The van der Waals surface area contributed by atoms with E-state index in [1.165, 1.54) is 14.0 Å². The van der Waals surface area contributed by atoms with Crippen LogP contribution >= 0.6 is 0 Å². The fraction of sp³-hybridized carbons (Fsp3) is 0.200. The maximum Gasteiger partial charge on any atom is 0.356 e. The van der Waals surface area contributed by atoms with E-state index in [-0.39, 0.29) is 11.5 Å². The van der Waals surface area contributed by atoms with Gasteiger partial charge >= 0.3 is 5.97 Å². The lowest BCUT2D eigenvalue weighted by Gasteiger charge is -2.07. The van der Waals surface area contributed by atoms with Crippen molar-refractivity contribution in [3.05, 3.63) is 47.3 Å². The monoisotopic (exact) mass is 285 g/mol. The van der Waals surface area contributed by atoms with E-state index in [4.69, 9.17) is 0 Å². The lowest BCUT2D eigenvalue weighted by molar-refractivity contribution is 0.0593. The molecular weight excluding hydrogens is 270 g/mol. The van der Waals surface area contributed by atoms with Crippen molar-refractivity contribution in [1.29, 1.82) is 0 Å². The second-order valence-corrected chi connectivity index (χ2v) is 4.47. The third kappa shape index (κ3) is 3.62. The van der Waals surface area contributed by atoms with Gasteiger partial charge in [-0.25, -0.2) is 14.8 Å². The molecular formula is C15H15N3O3. The van der Waals surface area contributed by atoms with Crippen LogP contribution in [0.15, 0.2) is 30.3 Å². The summed E-state index contributed by atoms with van der Waals surface area (Å²) in [6, 6.07) is 8.47. The Balaban J connectivity index is 2.24. The number of ketones is 1. The van der Waals surface area contributed by atoms with E-state index in [0.29, 0.717) is 17.2 Å². The number of rotatable bonds is 4. The maximum absolute atomic E-state index is 11.5. The molecule has 0 atom stereocenters. The molecule has 0 saturated carbocycles. The number of hydrogen-bond acceptors (Lipinski definition) is 6. The molecule has 0 spiro atoms. The van der Waals surface area contributed by atoms with Gasteiger partial charge in [-0.2, -0.15) is 0 Å². The van der Waals surface area contributed by atoms with Crippen molar-refractivity contribution in [1.82, 2.24) is 9.97 Å². The first kappa shape index (κ1) is 14.6.